The Morgan fingerprint density at radius 2 is 2.03 bits per heavy atom. The fourth-order valence-electron chi connectivity index (χ4n) is 4.42. The Kier molecular flexibility index (Phi) is 7.84. The SMILES string of the molecule is CN(C)S(=O)(=O)Nc1ccc([C@@H](CCO)NC(=O)c2nc3cc4c(nc3s2)CCC(C(C)(C)C)C4)cn1. The third-order valence-electron chi connectivity index (χ3n) is 6.79. The molecular weight excluding hydrogens is 512 g/mol. The molecule has 3 aromatic rings. The summed E-state index contributed by atoms with van der Waals surface area (Å²) in [6, 6.07) is 4.74. The van der Waals surface area contributed by atoms with Crippen LogP contribution in [0.3, 0.4) is 0 Å². The number of hydrogen-bond donors (Lipinski definition) is 3. The average molecular weight is 547 g/mol. The normalized spacial score (nSPS) is 17.0. The molecule has 3 N–H and O–H groups in total. The number of nitrogens with zero attached hydrogens (tertiary/aromatic N) is 4. The van der Waals surface area contributed by atoms with Gasteiger partial charge in [0.2, 0.25) is 0 Å². The number of carbonyl (C=O) groups is 1. The van der Waals surface area contributed by atoms with E-state index < -0.39 is 16.3 Å². The number of nitrogens with one attached hydrogen (secondary N) is 2. The van der Waals surface area contributed by atoms with Gasteiger partial charge in [0, 0.05) is 32.6 Å². The fraction of sp³-hybridized carbons (Fsp3) is 0.520. The first-order chi connectivity index (χ1) is 17.4. The summed E-state index contributed by atoms with van der Waals surface area (Å²) < 4.78 is 27.4. The van der Waals surface area contributed by atoms with Gasteiger partial charge < -0.3 is 10.4 Å². The van der Waals surface area contributed by atoms with E-state index in [-0.39, 0.29) is 30.2 Å². The smallest absolute Gasteiger partial charge is 0.302 e. The van der Waals surface area contributed by atoms with Gasteiger partial charge in [0.1, 0.15) is 16.2 Å². The molecule has 0 saturated carbocycles. The Morgan fingerprint density at radius 1 is 1.27 bits per heavy atom. The maximum Gasteiger partial charge on any atom is 0.302 e. The van der Waals surface area contributed by atoms with E-state index in [1.54, 1.807) is 6.07 Å². The van der Waals surface area contributed by atoms with Crippen LogP contribution in [0.25, 0.3) is 10.3 Å². The summed E-state index contributed by atoms with van der Waals surface area (Å²) in [6.07, 6.45) is 4.75. The number of aliphatic hydroxyl groups excluding tert-OH is 1. The molecule has 0 radical (unpaired) electrons. The molecule has 37 heavy (non-hydrogen) atoms. The number of aryl methyl sites for hydroxylation is 1. The third kappa shape index (κ3) is 6.25. The lowest BCUT2D eigenvalue weighted by atomic mass is 9.71. The van der Waals surface area contributed by atoms with Crippen LogP contribution in [0.2, 0.25) is 0 Å². The van der Waals surface area contributed by atoms with Gasteiger partial charge in [0.05, 0.1) is 6.04 Å². The second-order valence-corrected chi connectivity index (χ2v) is 13.5. The predicted molar refractivity (Wildman–Crippen MR) is 145 cm³/mol. The van der Waals surface area contributed by atoms with E-state index in [0.717, 1.165) is 39.6 Å². The van der Waals surface area contributed by atoms with E-state index in [0.29, 0.717) is 16.5 Å². The van der Waals surface area contributed by atoms with Crippen LogP contribution in [0.5, 0.6) is 0 Å². The molecule has 1 unspecified atom stereocenters. The fourth-order valence-corrected chi connectivity index (χ4v) is 5.83. The van der Waals surface area contributed by atoms with Crippen molar-refractivity contribution in [2.24, 2.45) is 11.3 Å². The topological polar surface area (TPSA) is 137 Å². The van der Waals surface area contributed by atoms with Crippen molar-refractivity contribution in [3.63, 3.8) is 0 Å². The van der Waals surface area contributed by atoms with Crippen molar-refractivity contribution in [2.45, 2.75) is 52.5 Å². The summed E-state index contributed by atoms with van der Waals surface area (Å²) in [4.78, 5) is 27.4. The molecule has 4 rings (SSSR count). The zero-order chi connectivity index (χ0) is 27.0. The van der Waals surface area contributed by atoms with Gasteiger partial charge in [-0.2, -0.15) is 12.7 Å². The number of rotatable bonds is 8. The number of carbonyl (C=O) groups excluding carboxylic acids is 1. The summed E-state index contributed by atoms with van der Waals surface area (Å²) in [5.41, 5.74) is 3.90. The number of pyridine rings is 2. The molecule has 0 aromatic carbocycles. The minimum Gasteiger partial charge on any atom is -0.396 e. The van der Waals surface area contributed by atoms with Crippen molar-refractivity contribution in [1.82, 2.24) is 24.6 Å². The molecule has 0 spiro atoms. The lowest BCUT2D eigenvalue weighted by Crippen LogP contribution is -2.30. The lowest BCUT2D eigenvalue weighted by Gasteiger charge is -2.34. The van der Waals surface area contributed by atoms with Gasteiger partial charge in [-0.15, -0.1) is 0 Å². The molecule has 12 heteroatoms. The van der Waals surface area contributed by atoms with Gasteiger partial charge >= 0.3 is 10.2 Å². The van der Waals surface area contributed by atoms with Crippen molar-refractivity contribution < 1.29 is 18.3 Å². The number of hydrogen-bond acceptors (Lipinski definition) is 8. The highest BCUT2D eigenvalue weighted by Crippen LogP contribution is 2.38. The molecule has 0 fully saturated rings. The molecule has 0 bridgehead atoms. The van der Waals surface area contributed by atoms with Gasteiger partial charge in [0.15, 0.2) is 5.01 Å². The van der Waals surface area contributed by atoms with Crippen LogP contribution in [0.1, 0.15) is 66.3 Å². The second-order valence-electron chi connectivity index (χ2n) is 10.6. The monoisotopic (exact) mass is 546 g/mol. The molecule has 0 saturated heterocycles. The molecule has 3 aromatic heterocycles. The van der Waals surface area contributed by atoms with E-state index in [9.17, 15) is 18.3 Å². The Balaban J connectivity index is 1.51. The average Bonchev–Trinajstić information content (AvgIpc) is 3.24. The van der Waals surface area contributed by atoms with E-state index in [4.69, 9.17) is 4.98 Å². The maximum absolute atomic E-state index is 13.1. The Morgan fingerprint density at radius 3 is 2.65 bits per heavy atom. The van der Waals surface area contributed by atoms with E-state index in [1.807, 2.05) is 0 Å². The van der Waals surface area contributed by atoms with Gasteiger partial charge in [-0.3, -0.25) is 9.52 Å². The van der Waals surface area contributed by atoms with Gasteiger partial charge in [-0.25, -0.2) is 15.0 Å². The molecule has 1 aliphatic carbocycles. The van der Waals surface area contributed by atoms with Crippen LogP contribution in [-0.2, 0) is 23.1 Å². The van der Waals surface area contributed by atoms with Crippen molar-refractivity contribution in [3.05, 3.63) is 46.2 Å². The van der Waals surface area contributed by atoms with Crippen LogP contribution in [0.15, 0.2) is 24.4 Å². The Labute approximate surface area is 221 Å². The van der Waals surface area contributed by atoms with Crippen LogP contribution >= 0.6 is 11.3 Å². The van der Waals surface area contributed by atoms with E-state index in [2.05, 4.69) is 46.8 Å². The molecule has 10 nitrogen and oxygen atoms in total. The summed E-state index contributed by atoms with van der Waals surface area (Å²) in [7, 11) is -0.850. The molecule has 0 aliphatic heterocycles. The van der Waals surface area contributed by atoms with E-state index >= 15 is 0 Å². The number of amides is 1. The van der Waals surface area contributed by atoms with Crippen LogP contribution in [0.4, 0.5) is 5.82 Å². The van der Waals surface area contributed by atoms with Crippen molar-refractivity contribution in [2.75, 3.05) is 25.4 Å². The number of aromatic nitrogens is 3. The molecule has 1 amide bonds. The summed E-state index contributed by atoms with van der Waals surface area (Å²) >= 11 is 1.26. The van der Waals surface area contributed by atoms with Crippen molar-refractivity contribution in [1.29, 1.82) is 0 Å². The first-order valence-corrected chi connectivity index (χ1v) is 14.5. The Bertz CT molecular complexity index is 1380. The molecule has 1 aliphatic rings. The molecular formula is C25H34N6O4S2. The number of anilines is 1. The molecule has 2 atom stereocenters. The third-order valence-corrected chi connectivity index (χ3v) is 9.19. The lowest BCUT2D eigenvalue weighted by molar-refractivity contribution is 0.0929. The molecule has 200 valence electrons. The first kappa shape index (κ1) is 27.4. The van der Waals surface area contributed by atoms with Crippen molar-refractivity contribution in [3.8, 4) is 0 Å². The number of aliphatic hydroxyl groups is 1. The van der Waals surface area contributed by atoms with Crippen LogP contribution in [-0.4, -0.2) is 59.4 Å². The predicted octanol–water partition coefficient (Wildman–Crippen LogP) is 3.31. The minimum atomic E-state index is -3.68. The van der Waals surface area contributed by atoms with Crippen molar-refractivity contribution >= 4 is 43.6 Å². The standard InChI is InChI=1S/C25H34N6O4S2/c1-25(2,3)17-7-8-18-16(12-17)13-20-23(28-18)36-24(29-20)22(33)27-19(10-11-32)15-6-9-21(26-14-15)30-37(34,35)31(4)5/h6,9,13-14,17,19,32H,7-8,10-12H2,1-5H3,(H,26,30)(H,27,33)/t17?,19-/m1/s1. The number of fused-ring (bicyclic) bond motifs is 2. The first-order valence-electron chi connectivity index (χ1n) is 12.2. The maximum atomic E-state index is 13.1. The highest BCUT2D eigenvalue weighted by Gasteiger charge is 2.30. The van der Waals surface area contributed by atoms with Crippen LogP contribution in [0, 0.1) is 11.3 Å². The van der Waals surface area contributed by atoms with Crippen LogP contribution < -0.4 is 10.0 Å². The zero-order valence-corrected chi connectivity index (χ0v) is 23.4. The summed E-state index contributed by atoms with van der Waals surface area (Å²) in [6.45, 7) is 6.67. The van der Waals surface area contributed by atoms with Gasteiger partial charge in [-0.1, -0.05) is 38.2 Å². The van der Waals surface area contributed by atoms with E-state index in [1.165, 1.54) is 43.3 Å². The summed E-state index contributed by atoms with van der Waals surface area (Å²) in [5, 5.41) is 12.8. The zero-order valence-electron chi connectivity index (χ0n) is 21.8. The second kappa shape index (κ2) is 10.6. The largest absolute Gasteiger partial charge is 0.396 e. The minimum absolute atomic E-state index is 0.150. The number of thiazole rings is 1. The Hall–Kier alpha value is -2.67. The highest BCUT2D eigenvalue weighted by molar-refractivity contribution is 7.90. The molecule has 3 heterocycles. The highest BCUT2D eigenvalue weighted by atomic mass is 32.2. The quantitative estimate of drug-likeness (QED) is 0.394. The van der Waals surface area contributed by atoms with Gasteiger partial charge in [0.25, 0.3) is 5.91 Å². The van der Waals surface area contributed by atoms with Gasteiger partial charge in [-0.05, 0) is 60.3 Å². The summed E-state index contributed by atoms with van der Waals surface area (Å²) in [5.74, 6) is 0.379.